The van der Waals surface area contributed by atoms with Crippen molar-refractivity contribution in [3.63, 3.8) is 0 Å². The minimum Gasteiger partial charge on any atom is -0.493 e. The minimum absolute atomic E-state index is 0.0223. The van der Waals surface area contributed by atoms with Crippen molar-refractivity contribution in [1.29, 1.82) is 0 Å². The van der Waals surface area contributed by atoms with Crippen molar-refractivity contribution in [1.82, 2.24) is 0 Å². The van der Waals surface area contributed by atoms with Gasteiger partial charge in [0.25, 0.3) is 0 Å². The summed E-state index contributed by atoms with van der Waals surface area (Å²) in [5, 5.41) is 0. The van der Waals surface area contributed by atoms with Crippen molar-refractivity contribution in [2.45, 2.75) is 50.1 Å². The summed E-state index contributed by atoms with van der Waals surface area (Å²) in [6.07, 6.45) is 1.18. The Morgan fingerprint density at radius 2 is 2.00 bits per heavy atom. The van der Waals surface area contributed by atoms with Crippen molar-refractivity contribution in [2.24, 2.45) is 11.8 Å². The molecule has 5 heteroatoms. The molecule has 1 aliphatic carbocycles. The summed E-state index contributed by atoms with van der Waals surface area (Å²) in [4.78, 5) is 12.6. The van der Waals surface area contributed by atoms with Crippen LogP contribution in [0.2, 0.25) is 0 Å². The molecule has 0 bridgehead atoms. The summed E-state index contributed by atoms with van der Waals surface area (Å²) in [7, 11) is 1.61. The molecule has 2 heterocycles. The second-order valence-corrected chi connectivity index (χ2v) is 7.74. The first-order valence-corrected chi connectivity index (χ1v) is 9.06. The lowest BCUT2D eigenvalue weighted by molar-refractivity contribution is -0.148. The first kappa shape index (κ1) is 17.0. The molecular weight excluding hydrogens is 320 g/mol. The van der Waals surface area contributed by atoms with Crippen LogP contribution in [0.1, 0.15) is 26.7 Å². The maximum Gasteiger partial charge on any atom is 0.164 e. The topological polar surface area (TPSA) is 60.6 Å². The van der Waals surface area contributed by atoms with Crippen molar-refractivity contribution < 1.29 is 23.7 Å². The van der Waals surface area contributed by atoms with Gasteiger partial charge in [0.1, 0.15) is 23.1 Å². The number of ketones is 1. The van der Waals surface area contributed by atoms with Gasteiger partial charge in [0.05, 0.1) is 25.2 Å². The van der Waals surface area contributed by atoms with Gasteiger partial charge in [-0.15, -0.1) is 0 Å². The van der Waals surface area contributed by atoms with Crippen LogP contribution in [0.15, 0.2) is 30.3 Å². The molecule has 0 N–H and O–H groups in total. The van der Waals surface area contributed by atoms with Gasteiger partial charge in [0.2, 0.25) is 0 Å². The average Bonchev–Trinajstić information content (AvgIpc) is 3.51. The molecule has 5 nitrogen and oxygen atoms in total. The molecule has 1 saturated carbocycles. The van der Waals surface area contributed by atoms with Gasteiger partial charge in [-0.25, -0.2) is 0 Å². The normalized spacial score (nSPS) is 42.4. The lowest BCUT2D eigenvalue weighted by Crippen LogP contribution is -2.55. The maximum absolute atomic E-state index is 12.6. The quantitative estimate of drug-likeness (QED) is 0.741. The number of hydrogen-bond acceptors (Lipinski definition) is 5. The average molecular weight is 346 g/mol. The van der Waals surface area contributed by atoms with Gasteiger partial charge in [-0.05, 0) is 25.5 Å². The number of para-hydroxylation sites is 1. The zero-order valence-electron chi connectivity index (χ0n) is 15.1. The zero-order chi connectivity index (χ0) is 17.7. The highest BCUT2D eigenvalue weighted by molar-refractivity contribution is 5.87. The van der Waals surface area contributed by atoms with E-state index in [1.54, 1.807) is 7.11 Å². The number of epoxide rings is 2. The highest BCUT2D eigenvalue weighted by Crippen LogP contribution is 2.59. The maximum atomic E-state index is 12.6. The second-order valence-electron chi connectivity index (χ2n) is 7.74. The third-order valence-corrected chi connectivity index (χ3v) is 6.04. The number of rotatable bonds is 6. The summed E-state index contributed by atoms with van der Waals surface area (Å²) >= 11 is 0. The van der Waals surface area contributed by atoms with Crippen molar-refractivity contribution >= 4 is 5.78 Å². The smallest absolute Gasteiger partial charge is 0.164 e. The molecule has 3 fully saturated rings. The van der Waals surface area contributed by atoms with E-state index in [-0.39, 0.29) is 34.9 Å². The van der Waals surface area contributed by atoms with Crippen molar-refractivity contribution in [3.8, 4) is 5.75 Å². The molecule has 6 unspecified atom stereocenters. The predicted octanol–water partition coefficient (Wildman–Crippen LogP) is 2.62. The lowest BCUT2D eigenvalue weighted by Gasteiger charge is -2.40. The molecule has 4 rings (SSSR count). The summed E-state index contributed by atoms with van der Waals surface area (Å²) < 4.78 is 23.3. The largest absolute Gasteiger partial charge is 0.493 e. The van der Waals surface area contributed by atoms with Crippen LogP contribution in [-0.2, 0) is 19.0 Å². The molecule has 3 aliphatic rings. The molecule has 2 saturated heterocycles. The first-order valence-electron chi connectivity index (χ1n) is 9.06. The van der Waals surface area contributed by atoms with Crippen LogP contribution in [0.3, 0.4) is 0 Å². The van der Waals surface area contributed by atoms with Gasteiger partial charge in [-0.2, -0.15) is 0 Å². The molecule has 136 valence electrons. The highest BCUT2D eigenvalue weighted by atomic mass is 16.6. The van der Waals surface area contributed by atoms with Crippen LogP contribution in [0.5, 0.6) is 5.75 Å². The Labute approximate surface area is 148 Å². The van der Waals surface area contributed by atoms with Gasteiger partial charge in [-0.1, -0.05) is 25.1 Å². The molecule has 0 aromatic heterocycles. The third kappa shape index (κ3) is 2.88. The standard InChI is InChI=1S/C20H26O5/c1-13-11-20(12-24-20)18(17(22-3)16(13)21)19(2)15(25-19)9-10-23-14-7-5-4-6-8-14/h4-8,13,15,17-18H,9-12H2,1-3H3. The molecule has 1 spiro atoms. The molecule has 1 aromatic rings. The Morgan fingerprint density at radius 3 is 2.64 bits per heavy atom. The Bertz CT molecular complexity index is 641. The van der Waals surface area contributed by atoms with E-state index in [9.17, 15) is 4.79 Å². The minimum atomic E-state index is -0.448. The number of methoxy groups -OCH3 is 1. The SMILES string of the molecule is COC1C(=O)C(C)CC2(CO2)C1C1(C)OC1CCOc1ccccc1. The van der Waals surface area contributed by atoms with Crippen LogP contribution in [0.25, 0.3) is 0 Å². The van der Waals surface area contributed by atoms with Gasteiger partial charge in [-0.3, -0.25) is 4.79 Å². The third-order valence-electron chi connectivity index (χ3n) is 6.04. The van der Waals surface area contributed by atoms with Crippen molar-refractivity contribution in [2.75, 3.05) is 20.3 Å². The van der Waals surface area contributed by atoms with Gasteiger partial charge in [0.15, 0.2) is 5.78 Å². The van der Waals surface area contributed by atoms with Gasteiger partial charge < -0.3 is 18.9 Å². The summed E-state index contributed by atoms with van der Waals surface area (Å²) in [5.41, 5.74) is -0.634. The number of Topliss-reactive ketones (excluding diaryl/α,β-unsaturated/α-hetero) is 1. The lowest BCUT2D eigenvalue weighted by atomic mass is 9.66. The van der Waals surface area contributed by atoms with E-state index in [0.717, 1.165) is 18.6 Å². The second kappa shape index (κ2) is 6.08. The molecule has 6 atom stereocenters. The Morgan fingerprint density at radius 1 is 1.28 bits per heavy atom. The van der Waals surface area contributed by atoms with Crippen LogP contribution >= 0.6 is 0 Å². The molecule has 1 aromatic carbocycles. The van der Waals surface area contributed by atoms with E-state index in [4.69, 9.17) is 18.9 Å². The fraction of sp³-hybridized carbons (Fsp3) is 0.650. The van der Waals surface area contributed by atoms with E-state index < -0.39 is 6.10 Å². The zero-order valence-corrected chi connectivity index (χ0v) is 15.1. The predicted molar refractivity (Wildman–Crippen MR) is 91.6 cm³/mol. The molecular formula is C20H26O5. The fourth-order valence-corrected chi connectivity index (χ4v) is 4.62. The van der Waals surface area contributed by atoms with Crippen molar-refractivity contribution in [3.05, 3.63) is 30.3 Å². The Balaban J connectivity index is 1.41. The van der Waals surface area contributed by atoms with Gasteiger partial charge >= 0.3 is 0 Å². The number of hydrogen-bond donors (Lipinski definition) is 0. The van der Waals surface area contributed by atoms with E-state index in [1.807, 2.05) is 37.3 Å². The molecule has 2 aliphatic heterocycles. The van der Waals surface area contributed by atoms with Crippen LogP contribution in [0.4, 0.5) is 0 Å². The van der Waals surface area contributed by atoms with E-state index >= 15 is 0 Å². The van der Waals surface area contributed by atoms with E-state index in [2.05, 4.69) is 6.92 Å². The van der Waals surface area contributed by atoms with Crippen LogP contribution in [0, 0.1) is 11.8 Å². The molecule has 25 heavy (non-hydrogen) atoms. The molecule has 0 amide bonds. The number of carbonyl (C=O) groups excluding carboxylic acids is 1. The Kier molecular flexibility index (Phi) is 4.13. The highest BCUT2D eigenvalue weighted by Gasteiger charge is 2.72. The van der Waals surface area contributed by atoms with Crippen LogP contribution in [-0.4, -0.2) is 49.5 Å². The number of ether oxygens (including phenoxy) is 4. The summed E-state index contributed by atoms with van der Waals surface area (Å²) in [6, 6.07) is 9.78. The van der Waals surface area contributed by atoms with E-state index in [1.165, 1.54) is 0 Å². The van der Waals surface area contributed by atoms with Crippen LogP contribution < -0.4 is 4.74 Å². The number of benzene rings is 1. The molecule has 0 radical (unpaired) electrons. The fourth-order valence-electron chi connectivity index (χ4n) is 4.62. The first-order chi connectivity index (χ1) is 12.0. The summed E-state index contributed by atoms with van der Waals surface area (Å²) in [5.74, 6) is 0.967. The van der Waals surface area contributed by atoms with Gasteiger partial charge in [0, 0.05) is 19.4 Å². The number of carbonyl (C=O) groups is 1. The van der Waals surface area contributed by atoms with E-state index in [0.29, 0.717) is 13.2 Å². The summed E-state index contributed by atoms with van der Waals surface area (Å²) in [6.45, 7) is 5.34. The monoisotopic (exact) mass is 346 g/mol. The Hall–Kier alpha value is -1.43.